The third-order valence-corrected chi connectivity index (χ3v) is 4.74. The van der Waals surface area contributed by atoms with Crippen LogP contribution >= 0.6 is 0 Å². The highest BCUT2D eigenvalue weighted by atomic mass is 19.3. The van der Waals surface area contributed by atoms with Crippen molar-refractivity contribution in [1.82, 2.24) is 0 Å². The molecule has 4 atom stereocenters. The van der Waals surface area contributed by atoms with Crippen LogP contribution < -0.4 is 0 Å². The van der Waals surface area contributed by atoms with Crippen LogP contribution in [0.25, 0.3) is 0 Å². The molecule has 1 spiro atoms. The molecule has 3 rings (SSSR count). The molecule has 4 heteroatoms. The molecule has 2 nitrogen and oxygen atoms in total. The second-order valence-corrected chi connectivity index (χ2v) is 6.38. The molecule has 0 aliphatic heterocycles. The molecule has 0 aromatic heterocycles. The number of fused-ring (bicyclic) bond motifs is 1. The summed E-state index contributed by atoms with van der Waals surface area (Å²) in [5.41, 5.74) is 0.404. The number of carbonyl (C=O) groups excluding carboxylic acids is 1. The molecule has 0 aromatic carbocycles. The quantitative estimate of drug-likeness (QED) is 0.713. The van der Waals surface area contributed by atoms with Crippen LogP contribution in [0, 0.1) is 23.2 Å². The van der Waals surface area contributed by atoms with Gasteiger partial charge in [-0.1, -0.05) is 0 Å². The molecule has 3 saturated carbocycles. The monoisotopic (exact) mass is 244 g/mol. The molecule has 0 radical (unpaired) electrons. The van der Waals surface area contributed by atoms with Crippen LogP contribution in [-0.2, 0) is 9.53 Å². The summed E-state index contributed by atoms with van der Waals surface area (Å²) < 4.78 is 30.0. The Balaban J connectivity index is 1.57. The molecule has 0 N–H and O–H groups in total. The molecule has 2 bridgehead atoms. The average molecular weight is 244 g/mol. The van der Waals surface area contributed by atoms with Crippen molar-refractivity contribution in [3.05, 3.63) is 0 Å². The van der Waals surface area contributed by atoms with Gasteiger partial charge in [0.05, 0.1) is 5.92 Å². The number of alkyl halides is 2. The highest BCUT2D eigenvalue weighted by molar-refractivity contribution is 5.73. The normalized spacial score (nSPS) is 43.1. The second kappa shape index (κ2) is 3.42. The minimum Gasteiger partial charge on any atom is -0.459 e. The van der Waals surface area contributed by atoms with Crippen molar-refractivity contribution in [2.75, 3.05) is 6.61 Å². The van der Waals surface area contributed by atoms with Crippen LogP contribution in [-0.4, -0.2) is 18.5 Å². The number of halogens is 2. The molecule has 3 aliphatic carbocycles. The van der Waals surface area contributed by atoms with Gasteiger partial charge in [-0.25, -0.2) is 8.78 Å². The summed E-state index contributed by atoms with van der Waals surface area (Å²) in [5.74, 6) is -1.98. The smallest absolute Gasteiger partial charge is 0.309 e. The van der Waals surface area contributed by atoms with E-state index < -0.39 is 18.5 Å². The Hall–Kier alpha value is -0.670. The van der Waals surface area contributed by atoms with Gasteiger partial charge in [0.2, 0.25) is 0 Å². The van der Waals surface area contributed by atoms with Crippen LogP contribution in [0.1, 0.15) is 39.0 Å². The minimum absolute atomic E-state index is 0.122. The van der Waals surface area contributed by atoms with E-state index in [9.17, 15) is 13.6 Å². The lowest BCUT2D eigenvalue weighted by Gasteiger charge is -2.29. The first kappa shape index (κ1) is 11.4. The SMILES string of the molecule is CC(F)(F)COC(=O)C1CC2CC3CC3(C2)C1. The van der Waals surface area contributed by atoms with Crippen molar-refractivity contribution in [2.45, 2.75) is 45.0 Å². The molecule has 4 unspecified atom stereocenters. The average Bonchev–Trinajstić information content (AvgIpc) is 2.77. The van der Waals surface area contributed by atoms with Crippen LogP contribution in [0.15, 0.2) is 0 Å². The Bertz CT molecular complexity index is 350. The molecule has 0 amide bonds. The van der Waals surface area contributed by atoms with Crippen molar-refractivity contribution < 1.29 is 18.3 Å². The molecule has 0 heterocycles. The molecule has 3 fully saturated rings. The maximum absolute atomic E-state index is 12.6. The van der Waals surface area contributed by atoms with E-state index in [1.165, 1.54) is 19.3 Å². The zero-order valence-electron chi connectivity index (χ0n) is 10.0. The van der Waals surface area contributed by atoms with Crippen molar-refractivity contribution in [1.29, 1.82) is 0 Å². The molecular weight excluding hydrogens is 226 g/mol. The van der Waals surface area contributed by atoms with Gasteiger partial charge < -0.3 is 4.74 Å². The topological polar surface area (TPSA) is 26.3 Å². The molecule has 17 heavy (non-hydrogen) atoms. The number of ether oxygens (including phenoxy) is 1. The number of hydrogen-bond donors (Lipinski definition) is 0. The summed E-state index contributed by atoms with van der Waals surface area (Å²) in [6.45, 7) is 0.00385. The molecule has 3 aliphatic rings. The Morgan fingerprint density at radius 3 is 2.76 bits per heavy atom. The number of esters is 1. The minimum atomic E-state index is -2.91. The predicted molar refractivity (Wildman–Crippen MR) is 57.6 cm³/mol. The molecular formula is C13H18F2O2. The fourth-order valence-corrected chi connectivity index (χ4v) is 4.06. The van der Waals surface area contributed by atoms with E-state index in [-0.39, 0.29) is 5.92 Å². The first-order valence-corrected chi connectivity index (χ1v) is 6.42. The lowest BCUT2D eigenvalue weighted by molar-refractivity contribution is -0.160. The Morgan fingerprint density at radius 1 is 1.35 bits per heavy atom. The van der Waals surface area contributed by atoms with Crippen molar-refractivity contribution in [3.8, 4) is 0 Å². The maximum Gasteiger partial charge on any atom is 0.309 e. The van der Waals surface area contributed by atoms with Gasteiger partial charge in [-0.3, -0.25) is 4.79 Å². The van der Waals surface area contributed by atoms with E-state index >= 15 is 0 Å². The van der Waals surface area contributed by atoms with E-state index in [2.05, 4.69) is 0 Å². The fraction of sp³-hybridized carbons (Fsp3) is 0.923. The highest BCUT2D eigenvalue weighted by Gasteiger charge is 2.63. The summed E-state index contributed by atoms with van der Waals surface area (Å²) in [5, 5.41) is 0. The molecule has 0 saturated heterocycles. The standard InChI is InChI=1S/C13H18F2O2/c1-12(14,15)7-17-11(16)9-2-8-3-10-6-13(10,4-8)5-9/h8-10H,2-7H2,1H3. The Labute approximate surface area is 99.7 Å². The van der Waals surface area contributed by atoms with E-state index in [1.54, 1.807) is 0 Å². The van der Waals surface area contributed by atoms with Crippen molar-refractivity contribution >= 4 is 5.97 Å². The summed E-state index contributed by atoms with van der Waals surface area (Å²) in [6, 6.07) is 0. The molecule has 0 aromatic rings. The summed E-state index contributed by atoms with van der Waals surface area (Å²) >= 11 is 0. The van der Waals surface area contributed by atoms with Crippen LogP contribution in [0.3, 0.4) is 0 Å². The number of carbonyl (C=O) groups is 1. The van der Waals surface area contributed by atoms with Crippen molar-refractivity contribution in [3.63, 3.8) is 0 Å². The largest absolute Gasteiger partial charge is 0.459 e. The van der Waals surface area contributed by atoms with E-state index in [4.69, 9.17) is 4.74 Å². The second-order valence-electron chi connectivity index (χ2n) is 6.38. The van der Waals surface area contributed by atoms with Crippen LogP contribution in [0.2, 0.25) is 0 Å². The summed E-state index contributed by atoms with van der Waals surface area (Å²) in [4.78, 5) is 11.8. The first-order valence-electron chi connectivity index (χ1n) is 6.42. The zero-order valence-corrected chi connectivity index (χ0v) is 10.0. The highest BCUT2D eigenvalue weighted by Crippen LogP contribution is 2.71. The van der Waals surface area contributed by atoms with Crippen LogP contribution in [0.5, 0.6) is 0 Å². The van der Waals surface area contributed by atoms with Gasteiger partial charge in [0, 0.05) is 6.92 Å². The first-order chi connectivity index (χ1) is 7.88. The van der Waals surface area contributed by atoms with E-state index in [0.717, 1.165) is 25.7 Å². The summed E-state index contributed by atoms with van der Waals surface area (Å²) in [6.07, 6.45) is 5.48. The third kappa shape index (κ3) is 2.06. The lowest BCUT2D eigenvalue weighted by Crippen LogP contribution is -2.30. The summed E-state index contributed by atoms with van der Waals surface area (Å²) in [7, 11) is 0. The van der Waals surface area contributed by atoms with Gasteiger partial charge >= 0.3 is 5.97 Å². The fourth-order valence-electron chi connectivity index (χ4n) is 4.06. The third-order valence-electron chi connectivity index (χ3n) is 4.74. The molecule has 96 valence electrons. The predicted octanol–water partition coefficient (Wildman–Crippen LogP) is 3.01. The Morgan fingerprint density at radius 2 is 2.12 bits per heavy atom. The van der Waals surface area contributed by atoms with Gasteiger partial charge in [0.15, 0.2) is 6.61 Å². The lowest BCUT2D eigenvalue weighted by atomic mass is 9.76. The van der Waals surface area contributed by atoms with E-state index in [1.807, 2.05) is 0 Å². The van der Waals surface area contributed by atoms with E-state index in [0.29, 0.717) is 11.3 Å². The number of rotatable bonds is 3. The van der Waals surface area contributed by atoms with Gasteiger partial charge in [0.25, 0.3) is 5.92 Å². The van der Waals surface area contributed by atoms with Gasteiger partial charge in [-0.15, -0.1) is 0 Å². The van der Waals surface area contributed by atoms with Crippen LogP contribution in [0.4, 0.5) is 8.78 Å². The maximum atomic E-state index is 12.6. The van der Waals surface area contributed by atoms with Crippen molar-refractivity contribution in [2.24, 2.45) is 23.2 Å². The van der Waals surface area contributed by atoms with Gasteiger partial charge in [-0.2, -0.15) is 0 Å². The van der Waals surface area contributed by atoms with Gasteiger partial charge in [-0.05, 0) is 49.4 Å². The Kier molecular flexibility index (Phi) is 2.30. The zero-order chi connectivity index (χ0) is 12.3. The van der Waals surface area contributed by atoms with Gasteiger partial charge in [0.1, 0.15) is 0 Å². The number of hydrogen-bond acceptors (Lipinski definition) is 2.